The Balaban J connectivity index is 1.56. The lowest BCUT2D eigenvalue weighted by atomic mass is 9.70. The number of benzene rings is 3. The van der Waals surface area contributed by atoms with E-state index in [-0.39, 0.29) is 0 Å². The predicted molar refractivity (Wildman–Crippen MR) is 131 cm³/mol. The number of H-pyrrole nitrogens is 1. The van der Waals surface area contributed by atoms with Gasteiger partial charge in [-0.3, -0.25) is 10.1 Å². The molecule has 0 unspecified atom stereocenters. The van der Waals surface area contributed by atoms with Crippen LogP contribution in [0.5, 0.6) is 0 Å². The highest BCUT2D eigenvalue weighted by atomic mass is 15.2. The molecule has 0 aliphatic heterocycles. The van der Waals surface area contributed by atoms with Crippen LogP contribution >= 0.6 is 0 Å². The number of pyridine rings is 1. The van der Waals surface area contributed by atoms with Gasteiger partial charge in [0.2, 0.25) is 6.33 Å². The van der Waals surface area contributed by atoms with Crippen molar-refractivity contribution in [3.8, 4) is 16.8 Å². The quantitative estimate of drug-likeness (QED) is 0.319. The Morgan fingerprint density at radius 3 is 2.32 bits per heavy atom. The number of nitrogens with one attached hydrogen (secondary N) is 1. The zero-order valence-electron chi connectivity index (χ0n) is 18.6. The average Bonchev–Trinajstić information content (AvgIpc) is 3.61. The van der Waals surface area contributed by atoms with Gasteiger partial charge in [-0.05, 0) is 33.9 Å². The van der Waals surface area contributed by atoms with Crippen LogP contribution in [-0.2, 0) is 12.5 Å². The first kappa shape index (κ1) is 19.0. The van der Waals surface area contributed by atoms with E-state index in [2.05, 4.69) is 106 Å². The minimum absolute atomic E-state index is 0.502. The number of fused-ring (bicyclic) bond motifs is 4. The minimum Gasteiger partial charge on any atom is -0.314 e. The van der Waals surface area contributed by atoms with E-state index in [0.717, 1.165) is 22.5 Å². The Bertz CT molecular complexity index is 1630. The monoisotopic (exact) mass is 439 g/mol. The molecule has 0 saturated heterocycles. The van der Waals surface area contributed by atoms with Crippen LogP contribution in [-0.4, -0.2) is 19.7 Å². The van der Waals surface area contributed by atoms with Gasteiger partial charge in [-0.2, -0.15) is 5.10 Å². The predicted octanol–water partition coefficient (Wildman–Crippen LogP) is 4.74. The van der Waals surface area contributed by atoms with Gasteiger partial charge >= 0.3 is 0 Å². The van der Waals surface area contributed by atoms with Crippen LogP contribution in [0.4, 0.5) is 0 Å². The second-order valence-electron chi connectivity index (χ2n) is 8.70. The van der Waals surface area contributed by atoms with Crippen LogP contribution in [0.1, 0.15) is 22.4 Å². The lowest BCUT2D eigenvalue weighted by molar-refractivity contribution is -0.649. The first-order valence-electron chi connectivity index (χ1n) is 11.3. The van der Waals surface area contributed by atoms with E-state index in [4.69, 9.17) is 0 Å². The summed E-state index contributed by atoms with van der Waals surface area (Å²) in [6.45, 7) is 0. The van der Waals surface area contributed by atoms with Gasteiger partial charge in [-0.15, -0.1) is 0 Å². The van der Waals surface area contributed by atoms with Crippen LogP contribution in [0.2, 0.25) is 0 Å². The Kier molecular flexibility index (Phi) is 3.91. The maximum Gasteiger partial charge on any atom is 0.245 e. The van der Waals surface area contributed by atoms with E-state index in [9.17, 15) is 0 Å². The molecule has 6 aromatic rings. The molecule has 0 fully saturated rings. The van der Waals surface area contributed by atoms with Crippen molar-refractivity contribution in [3.05, 3.63) is 132 Å². The lowest BCUT2D eigenvalue weighted by Crippen LogP contribution is -2.29. The Labute approximate surface area is 197 Å². The standard InChI is InChI=1S/C29H21N5/c1-33-19-34(28-26(33)14-7-16-30-28)21-9-6-8-20(18-21)29(27-15-17-31-32-27)24-12-4-2-10-22(24)23-11-3-5-13-25(23)29/h2-18H,1H3,(H,31,32). The summed E-state index contributed by atoms with van der Waals surface area (Å²) in [6, 6.07) is 32.2. The number of aromatic amines is 1. The Morgan fingerprint density at radius 1 is 0.824 bits per heavy atom. The third-order valence-corrected chi connectivity index (χ3v) is 6.98. The number of imidazole rings is 1. The summed E-state index contributed by atoms with van der Waals surface area (Å²) >= 11 is 0. The summed E-state index contributed by atoms with van der Waals surface area (Å²) in [7, 11) is 2.00. The number of aromatic nitrogens is 5. The first-order chi connectivity index (χ1) is 16.8. The van der Waals surface area contributed by atoms with Gasteiger partial charge in [-0.25, -0.2) is 0 Å². The van der Waals surface area contributed by atoms with Crippen molar-refractivity contribution in [2.45, 2.75) is 5.41 Å². The van der Waals surface area contributed by atoms with E-state index >= 15 is 0 Å². The molecule has 162 valence electrons. The summed E-state index contributed by atoms with van der Waals surface area (Å²) in [5.74, 6) is 0. The van der Waals surface area contributed by atoms with E-state index in [1.54, 1.807) is 0 Å². The van der Waals surface area contributed by atoms with Gasteiger partial charge < -0.3 is 9.13 Å². The molecule has 5 heteroatoms. The Morgan fingerprint density at radius 2 is 1.59 bits per heavy atom. The second-order valence-corrected chi connectivity index (χ2v) is 8.70. The molecule has 5 nitrogen and oxygen atoms in total. The topological polar surface area (TPSA) is 50.4 Å². The van der Waals surface area contributed by atoms with Crippen molar-refractivity contribution in [2.24, 2.45) is 7.05 Å². The largest absolute Gasteiger partial charge is 0.314 e. The SMILES string of the molecule is C[n+]1[c-]n(-c2cccc(C3(c4ccn[nH]4)c4ccccc4-c4ccccc43)c2)c2ncccc21. The van der Waals surface area contributed by atoms with Crippen LogP contribution in [0, 0.1) is 6.33 Å². The van der Waals surface area contributed by atoms with E-state index in [1.165, 1.54) is 27.8 Å². The highest BCUT2D eigenvalue weighted by Crippen LogP contribution is 2.55. The maximum atomic E-state index is 4.64. The number of aryl methyl sites for hydroxylation is 1. The molecule has 7 rings (SSSR count). The number of nitrogens with zero attached hydrogens (tertiary/aromatic N) is 4. The van der Waals surface area contributed by atoms with Crippen molar-refractivity contribution < 1.29 is 4.57 Å². The molecule has 3 aromatic heterocycles. The first-order valence-corrected chi connectivity index (χ1v) is 11.3. The summed E-state index contributed by atoms with van der Waals surface area (Å²) < 4.78 is 4.02. The molecule has 0 saturated carbocycles. The molecule has 0 amide bonds. The highest BCUT2D eigenvalue weighted by molar-refractivity contribution is 5.86. The van der Waals surface area contributed by atoms with Crippen molar-refractivity contribution in [2.75, 3.05) is 0 Å². The van der Waals surface area contributed by atoms with Gasteiger partial charge in [0.1, 0.15) is 5.65 Å². The molecule has 0 spiro atoms. The van der Waals surface area contributed by atoms with Crippen molar-refractivity contribution in [1.29, 1.82) is 0 Å². The molecular weight excluding hydrogens is 418 g/mol. The normalized spacial score (nSPS) is 13.7. The van der Waals surface area contributed by atoms with Gasteiger partial charge in [0.05, 0.1) is 29.4 Å². The summed E-state index contributed by atoms with van der Waals surface area (Å²) in [4.78, 5) is 4.64. The maximum absolute atomic E-state index is 4.64. The number of rotatable bonds is 3. The molecule has 0 radical (unpaired) electrons. The third kappa shape index (κ3) is 2.41. The second kappa shape index (κ2) is 6.99. The molecule has 1 aliphatic carbocycles. The highest BCUT2D eigenvalue weighted by Gasteiger charge is 2.46. The fraction of sp³-hybridized carbons (Fsp3) is 0.0690. The molecule has 0 bridgehead atoms. The van der Waals surface area contributed by atoms with E-state index < -0.39 is 5.41 Å². The van der Waals surface area contributed by atoms with Gasteiger partial charge in [0.15, 0.2) is 0 Å². The van der Waals surface area contributed by atoms with Crippen LogP contribution in [0.15, 0.2) is 103 Å². The smallest absolute Gasteiger partial charge is 0.245 e. The third-order valence-electron chi connectivity index (χ3n) is 6.98. The molecule has 34 heavy (non-hydrogen) atoms. The van der Waals surface area contributed by atoms with Gasteiger partial charge in [-0.1, -0.05) is 84.9 Å². The van der Waals surface area contributed by atoms with Crippen LogP contribution in [0.3, 0.4) is 0 Å². The fourth-order valence-corrected chi connectivity index (χ4v) is 5.59. The van der Waals surface area contributed by atoms with Gasteiger partial charge in [0, 0.05) is 12.4 Å². The Hall–Kier alpha value is -4.51. The summed E-state index contributed by atoms with van der Waals surface area (Å²) in [6.07, 6.45) is 7.08. The van der Waals surface area contributed by atoms with E-state index in [0.29, 0.717) is 0 Å². The zero-order valence-corrected chi connectivity index (χ0v) is 18.6. The average molecular weight is 440 g/mol. The zero-order chi connectivity index (χ0) is 22.7. The van der Waals surface area contributed by atoms with Crippen molar-refractivity contribution >= 4 is 11.2 Å². The molecule has 0 atom stereocenters. The summed E-state index contributed by atoms with van der Waals surface area (Å²) in [5.41, 5.74) is 9.66. The van der Waals surface area contributed by atoms with E-state index in [1.807, 2.05) is 34.6 Å². The molecule has 3 aromatic carbocycles. The van der Waals surface area contributed by atoms with Gasteiger partial charge in [0.25, 0.3) is 0 Å². The molecule has 1 aliphatic rings. The molecule has 1 N–H and O–H groups in total. The van der Waals surface area contributed by atoms with Crippen LogP contribution in [0.25, 0.3) is 28.0 Å². The van der Waals surface area contributed by atoms with Crippen molar-refractivity contribution in [3.63, 3.8) is 0 Å². The number of hydrogen-bond acceptors (Lipinski definition) is 2. The van der Waals surface area contributed by atoms with Crippen molar-refractivity contribution in [1.82, 2.24) is 19.7 Å². The van der Waals surface area contributed by atoms with Crippen LogP contribution < -0.4 is 4.57 Å². The molecular formula is C29H21N5. The lowest BCUT2D eigenvalue weighted by Gasteiger charge is -2.32. The fourth-order valence-electron chi connectivity index (χ4n) is 5.59. The summed E-state index contributed by atoms with van der Waals surface area (Å²) in [5, 5.41) is 7.67. The number of hydrogen-bond donors (Lipinski definition) is 1. The minimum atomic E-state index is -0.502. The molecule has 3 heterocycles.